The molecule has 1 aliphatic heterocycles. The fourth-order valence-corrected chi connectivity index (χ4v) is 1.48. The van der Waals surface area contributed by atoms with Gasteiger partial charge in [0, 0.05) is 32.7 Å². The fraction of sp³-hybridized carbons (Fsp3) is 1.00. The summed E-state index contributed by atoms with van der Waals surface area (Å²) in [6, 6.07) is 0. The average molecular weight is 203 g/mol. The highest BCUT2D eigenvalue weighted by Gasteiger charge is 2.32. The molecule has 0 saturated carbocycles. The summed E-state index contributed by atoms with van der Waals surface area (Å²) >= 11 is 0. The van der Waals surface area contributed by atoms with E-state index in [1.807, 2.05) is 0 Å². The zero-order valence-electron chi connectivity index (χ0n) is 9.34. The van der Waals surface area contributed by atoms with E-state index in [-0.39, 0.29) is 6.10 Å². The van der Waals surface area contributed by atoms with Crippen LogP contribution in [-0.4, -0.2) is 53.2 Å². The van der Waals surface area contributed by atoms with E-state index >= 15 is 0 Å². The van der Waals surface area contributed by atoms with Gasteiger partial charge in [-0.15, -0.1) is 0 Å². The van der Waals surface area contributed by atoms with Gasteiger partial charge in [0.25, 0.3) is 0 Å². The molecule has 1 rings (SSSR count). The molecule has 14 heavy (non-hydrogen) atoms. The van der Waals surface area contributed by atoms with Crippen LogP contribution in [-0.2, 0) is 14.2 Å². The second-order valence-electron chi connectivity index (χ2n) is 4.25. The highest BCUT2D eigenvalue weighted by Crippen LogP contribution is 2.24. The van der Waals surface area contributed by atoms with Crippen LogP contribution in [0.3, 0.4) is 0 Å². The molecule has 0 aromatic carbocycles. The van der Waals surface area contributed by atoms with E-state index in [0.29, 0.717) is 12.0 Å². The van der Waals surface area contributed by atoms with Crippen molar-refractivity contribution in [2.24, 2.45) is 5.41 Å². The molecule has 0 aromatic heterocycles. The lowest BCUT2D eigenvalue weighted by Crippen LogP contribution is -2.48. The Morgan fingerprint density at radius 1 is 1.43 bits per heavy atom. The predicted molar refractivity (Wildman–Crippen MR) is 54.5 cm³/mol. The van der Waals surface area contributed by atoms with Crippen molar-refractivity contribution < 1.29 is 14.2 Å². The Balaban J connectivity index is 2.06. The SMILES string of the molecule is COCC(CNCC1(C)COC1)OC. The maximum atomic E-state index is 5.24. The molecule has 1 atom stereocenters. The summed E-state index contributed by atoms with van der Waals surface area (Å²) in [4.78, 5) is 0. The lowest BCUT2D eigenvalue weighted by atomic mass is 9.89. The highest BCUT2D eigenvalue weighted by atomic mass is 16.5. The molecule has 0 radical (unpaired) electrons. The van der Waals surface area contributed by atoms with Gasteiger partial charge in [0.05, 0.1) is 25.9 Å². The Kier molecular flexibility index (Phi) is 4.81. The number of hydrogen-bond donors (Lipinski definition) is 1. The van der Waals surface area contributed by atoms with Crippen LogP contribution in [0, 0.1) is 5.41 Å². The number of nitrogens with one attached hydrogen (secondary N) is 1. The van der Waals surface area contributed by atoms with E-state index in [0.717, 1.165) is 26.3 Å². The molecule has 0 aliphatic carbocycles. The summed E-state index contributed by atoms with van der Waals surface area (Å²) in [5.74, 6) is 0. The summed E-state index contributed by atoms with van der Waals surface area (Å²) in [7, 11) is 3.40. The van der Waals surface area contributed by atoms with Crippen LogP contribution >= 0.6 is 0 Å². The van der Waals surface area contributed by atoms with Crippen molar-refractivity contribution in [2.45, 2.75) is 13.0 Å². The van der Waals surface area contributed by atoms with E-state index < -0.39 is 0 Å². The van der Waals surface area contributed by atoms with Gasteiger partial charge in [-0.1, -0.05) is 6.92 Å². The van der Waals surface area contributed by atoms with Crippen LogP contribution in [0.4, 0.5) is 0 Å². The van der Waals surface area contributed by atoms with Crippen LogP contribution in [0.2, 0.25) is 0 Å². The number of ether oxygens (including phenoxy) is 3. The normalized spacial score (nSPS) is 21.6. The molecule has 1 heterocycles. The van der Waals surface area contributed by atoms with Crippen LogP contribution in [0.1, 0.15) is 6.92 Å². The first-order valence-corrected chi connectivity index (χ1v) is 5.00. The summed E-state index contributed by atoms with van der Waals surface area (Å²) in [5.41, 5.74) is 0.325. The van der Waals surface area contributed by atoms with Gasteiger partial charge in [-0.3, -0.25) is 0 Å². The lowest BCUT2D eigenvalue weighted by Gasteiger charge is -2.38. The van der Waals surface area contributed by atoms with E-state index in [4.69, 9.17) is 14.2 Å². The van der Waals surface area contributed by atoms with Gasteiger partial charge in [0.1, 0.15) is 0 Å². The van der Waals surface area contributed by atoms with Crippen LogP contribution in [0.5, 0.6) is 0 Å². The second kappa shape index (κ2) is 5.66. The summed E-state index contributed by atoms with van der Waals surface area (Å²) in [5, 5.41) is 3.38. The van der Waals surface area contributed by atoms with E-state index in [1.54, 1.807) is 14.2 Å². The van der Waals surface area contributed by atoms with E-state index in [1.165, 1.54) is 0 Å². The Hall–Kier alpha value is -0.160. The summed E-state index contributed by atoms with van der Waals surface area (Å²) in [6.45, 7) is 6.40. The van der Waals surface area contributed by atoms with E-state index in [2.05, 4.69) is 12.2 Å². The Morgan fingerprint density at radius 2 is 2.14 bits per heavy atom. The molecule has 1 fully saturated rings. The Bertz CT molecular complexity index is 159. The first kappa shape index (κ1) is 11.9. The number of hydrogen-bond acceptors (Lipinski definition) is 4. The Morgan fingerprint density at radius 3 is 2.57 bits per heavy atom. The van der Waals surface area contributed by atoms with Gasteiger partial charge in [-0.05, 0) is 0 Å². The van der Waals surface area contributed by atoms with Gasteiger partial charge in [-0.25, -0.2) is 0 Å². The van der Waals surface area contributed by atoms with Crippen LogP contribution in [0.15, 0.2) is 0 Å². The van der Waals surface area contributed by atoms with Crippen molar-refractivity contribution in [1.29, 1.82) is 0 Å². The second-order valence-corrected chi connectivity index (χ2v) is 4.25. The molecule has 1 saturated heterocycles. The molecule has 84 valence electrons. The maximum Gasteiger partial charge on any atom is 0.0928 e. The lowest BCUT2D eigenvalue weighted by molar-refractivity contribution is -0.100. The van der Waals surface area contributed by atoms with Crippen LogP contribution in [0.25, 0.3) is 0 Å². The molecule has 0 amide bonds. The molecular formula is C10H21NO3. The molecule has 1 aliphatic rings. The van der Waals surface area contributed by atoms with E-state index in [9.17, 15) is 0 Å². The van der Waals surface area contributed by atoms with Crippen molar-refractivity contribution in [1.82, 2.24) is 5.32 Å². The van der Waals surface area contributed by atoms with Crippen molar-refractivity contribution in [2.75, 3.05) is 47.1 Å². The molecular weight excluding hydrogens is 182 g/mol. The first-order chi connectivity index (χ1) is 6.70. The highest BCUT2D eigenvalue weighted by molar-refractivity contribution is 4.83. The summed E-state index contributed by atoms with van der Waals surface area (Å²) in [6.07, 6.45) is 0.143. The van der Waals surface area contributed by atoms with Gasteiger partial charge < -0.3 is 19.5 Å². The molecule has 4 heteroatoms. The minimum atomic E-state index is 0.143. The first-order valence-electron chi connectivity index (χ1n) is 5.00. The standard InChI is InChI=1S/C10H21NO3/c1-10(7-14-8-10)6-11-4-9(13-3)5-12-2/h9,11H,4-8H2,1-3H3. The molecule has 1 N–H and O–H groups in total. The van der Waals surface area contributed by atoms with Crippen molar-refractivity contribution in [3.05, 3.63) is 0 Å². The van der Waals surface area contributed by atoms with Crippen molar-refractivity contribution in [3.63, 3.8) is 0 Å². The zero-order chi connectivity index (χ0) is 10.4. The number of methoxy groups -OCH3 is 2. The van der Waals surface area contributed by atoms with Gasteiger partial charge >= 0.3 is 0 Å². The molecule has 0 bridgehead atoms. The fourth-order valence-electron chi connectivity index (χ4n) is 1.48. The molecule has 0 aromatic rings. The van der Waals surface area contributed by atoms with Gasteiger partial charge in [0.2, 0.25) is 0 Å². The van der Waals surface area contributed by atoms with Gasteiger partial charge in [-0.2, -0.15) is 0 Å². The summed E-state index contributed by atoms with van der Waals surface area (Å²) < 4.78 is 15.4. The minimum absolute atomic E-state index is 0.143. The monoisotopic (exact) mass is 203 g/mol. The maximum absolute atomic E-state index is 5.24. The van der Waals surface area contributed by atoms with Gasteiger partial charge in [0.15, 0.2) is 0 Å². The topological polar surface area (TPSA) is 39.7 Å². The van der Waals surface area contributed by atoms with Crippen molar-refractivity contribution >= 4 is 0 Å². The smallest absolute Gasteiger partial charge is 0.0928 e. The largest absolute Gasteiger partial charge is 0.382 e. The quantitative estimate of drug-likeness (QED) is 0.645. The van der Waals surface area contributed by atoms with Crippen LogP contribution < -0.4 is 5.32 Å². The predicted octanol–water partition coefficient (Wildman–Crippen LogP) is 0.274. The average Bonchev–Trinajstić information content (AvgIpc) is 2.14. The minimum Gasteiger partial charge on any atom is -0.382 e. The zero-order valence-corrected chi connectivity index (χ0v) is 9.34. The third-order valence-corrected chi connectivity index (χ3v) is 2.51. The number of rotatable bonds is 7. The molecule has 0 spiro atoms. The molecule has 1 unspecified atom stereocenters. The van der Waals surface area contributed by atoms with Crippen molar-refractivity contribution in [3.8, 4) is 0 Å². The Labute approximate surface area is 85.9 Å². The molecule has 4 nitrogen and oxygen atoms in total. The third kappa shape index (κ3) is 3.53. The third-order valence-electron chi connectivity index (χ3n) is 2.51.